The highest BCUT2D eigenvalue weighted by Crippen LogP contribution is 2.28. The number of nitrogens with one attached hydrogen (secondary N) is 1. The van der Waals surface area contributed by atoms with E-state index >= 15 is 0 Å². The molecule has 1 aliphatic heterocycles. The van der Waals surface area contributed by atoms with Gasteiger partial charge >= 0.3 is 0 Å². The van der Waals surface area contributed by atoms with Gasteiger partial charge in [-0.05, 0) is 42.7 Å². The van der Waals surface area contributed by atoms with Crippen LogP contribution in [0.4, 0.5) is 0 Å². The van der Waals surface area contributed by atoms with Gasteiger partial charge in [0, 0.05) is 40.6 Å². The summed E-state index contributed by atoms with van der Waals surface area (Å²) in [4.78, 5) is 12.5. The van der Waals surface area contributed by atoms with E-state index in [1.54, 1.807) is 6.07 Å². The SMILES string of the molecule is O=C(NCc1ccccc1Cl)C1CCN(S(=O)(=O)c2cc(Cl)cc(Cl)c2)CC1. The lowest BCUT2D eigenvalue weighted by Gasteiger charge is -2.30. The number of hydrogen-bond donors (Lipinski definition) is 1. The highest BCUT2D eigenvalue weighted by atomic mass is 35.5. The Hall–Kier alpha value is -1.31. The third-order valence-corrected chi connectivity index (χ3v) is 7.39. The van der Waals surface area contributed by atoms with E-state index in [9.17, 15) is 13.2 Å². The summed E-state index contributed by atoms with van der Waals surface area (Å²) in [5.41, 5.74) is 0.843. The molecule has 1 amide bonds. The Bertz CT molecular complexity index is 954. The quantitative estimate of drug-likeness (QED) is 0.719. The maximum atomic E-state index is 12.8. The molecule has 0 spiro atoms. The lowest BCUT2D eigenvalue weighted by Crippen LogP contribution is -2.42. The van der Waals surface area contributed by atoms with Crippen molar-refractivity contribution in [2.75, 3.05) is 13.1 Å². The van der Waals surface area contributed by atoms with Crippen molar-refractivity contribution in [1.29, 1.82) is 0 Å². The smallest absolute Gasteiger partial charge is 0.243 e. The van der Waals surface area contributed by atoms with E-state index in [2.05, 4.69) is 5.32 Å². The summed E-state index contributed by atoms with van der Waals surface area (Å²) >= 11 is 18.0. The average Bonchev–Trinajstić information content (AvgIpc) is 2.66. The molecule has 1 fully saturated rings. The monoisotopic (exact) mass is 460 g/mol. The molecule has 0 unspecified atom stereocenters. The summed E-state index contributed by atoms with van der Waals surface area (Å²) in [5, 5.41) is 4.01. The zero-order valence-corrected chi connectivity index (χ0v) is 18.0. The van der Waals surface area contributed by atoms with E-state index in [1.807, 2.05) is 18.2 Å². The van der Waals surface area contributed by atoms with Crippen LogP contribution >= 0.6 is 34.8 Å². The third kappa shape index (κ3) is 4.99. The molecule has 1 N–H and O–H groups in total. The van der Waals surface area contributed by atoms with Crippen LogP contribution in [-0.4, -0.2) is 31.7 Å². The maximum absolute atomic E-state index is 12.8. The van der Waals surface area contributed by atoms with Crippen LogP contribution in [0.3, 0.4) is 0 Å². The number of carbonyl (C=O) groups is 1. The molecule has 0 saturated carbocycles. The van der Waals surface area contributed by atoms with Gasteiger partial charge in [-0.1, -0.05) is 53.0 Å². The van der Waals surface area contributed by atoms with Crippen LogP contribution < -0.4 is 5.32 Å². The van der Waals surface area contributed by atoms with E-state index in [-0.39, 0.29) is 39.9 Å². The second kappa shape index (κ2) is 9.01. The van der Waals surface area contributed by atoms with E-state index < -0.39 is 10.0 Å². The van der Waals surface area contributed by atoms with Crippen LogP contribution in [0.5, 0.6) is 0 Å². The summed E-state index contributed by atoms with van der Waals surface area (Å²) in [6, 6.07) is 11.6. The molecule has 2 aromatic carbocycles. The molecule has 28 heavy (non-hydrogen) atoms. The molecule has 2 aromatic rings. The summed E-state index contributed by atoms with van der Waals surface area (Å²) in [7, 11) is -3.70. The normalized spacial score (nSPS) is 16.1. The van der Waals surface area contributed by atoms with Crippen molar-refractivity contribution in [1.82, 2.24) is 9.62 Å². The van der Waals surface area contributed by atoms with Gasteiger partial charge in [0.25, 0.3) is 0 Å². The van der Waals surface area contributed by atoms with Crippen molar-refractivity contribution in [3.63, 3.8) is 0 Å². The van der Waals surface area contributed by atoms with Gasteiger partial charge in [0.05, 0.1) is 4.90 Å². The molecule has 0 aromatic heterocycles. The first-order valence-corrected chi connectivity index (χ1v) is 11.3. The standard InChI is InChI=1S/C19H19Cl3N2O3S/c20-15-9-16(21)11-17(10-15)28(26,27)24-7-5-13(6-8-24)19(25)23-12-14-3-1-2-4-18(14)22/h1-4,9-11,13H,5-8,12H2,(H,23,25). The molecule has 0 bridgehead atoms. The van der Waals surface area contributed by atoms with Crippen LogP contribution in [0, 0.1) is 5.92 Å². The molecule has 9 heteroatoms. The summed E-state index contributed by atoms with van der Waals surface area (Å²) < 4.78 is 27.0. The summed E-state index contributed by atoms with van der Waals surface area (Å²) in [5.74, 6) is -0.334. The fourth-order valence-electron chi connectivity index (χ4n) is 3.15. The van der Waals surface area contributed by atoms with Crippen molar-refractivity contribution >= 4 is 50.7 Å². The highest BCUT2D eigenvalue weighted by molar-refractivity contribution is 7.89. The second-order valence-corrected chi connectivity index (χ2v) is 9.81. The van der Waals surface area contributed by atoms with Gasteiger partial charge in [-0.15, -0.1) is 0 Å². The molecule has 1 aliphatic rings. The second-order valence-electron chi connectivity index (χ2n) is 6.59. The topological polar surface area (TPSA) is 66.5 Å². The summed E-state index contributed by atoms with van der Waals surface area (Å²) in [6.07, 6.45) is 0.893. The third-order valence-electron chi connectivity index (χ3n) is 4.71. The fourth-order valence-corrected chi connectivity index (χ4v) is 5.55. The molecule has 5 nitrogen and oxygen atoms in total. The number of halogens is 3. The molecule has 150 valence electrons. The van der Waals surface area contributed by atoms with Gasteiger partial charge in [-0.3, -0.25) is 4.79 Å². The van der Waals surface area contributed by atoms with E-state index in [0.717, 1.165) is 5.56 Å². The van der Waals surface area contributed by atoms with Crippen molar-refractivity contribution in [2.45, 2.75) is 24.3 Å². The molecule has 0 aliphatic carbocycles. The minimum Gasteiger partial charge on any atom is -0.352 e. The van der Waals surface area contributed by atoms with Crippen LogP contribution in [-0.2, 0) is 21.4 Å². The number of rotatable bonds is 5. The van der Waals surface area contributed by atoms with E-state index in [1.165, 1.54) is 22.5 Å². The number of amides is 1. The number of nitrogens with zero attached hydrogens (tertiary/aromatic N) is 1. The predicted molar refractivity (Wildman–Crippen MR) is 111 cm³/mol. The zero-order chi connectivity index (χ0) is 20.3. The Labute approximate surface area is 179 Å². The Morgan fingerprint density at radius 1 is 1.04 bits per heavy atom. The van der Waals surface area contributed by atoms with Crippen LogP contribution in [0.25, 0.3) is 0 Å². The van der Waals surface area contributed by atoms with Gasteiger partial charge in [0.1, 0.15) is 0 Å². The number of hydrogen-bond acceptors (Lipinski definition) is 3. The minimum atomic E-state index is -3.70. The minimum absolute atomic E-state index is 0.0617. The first-order valence-electron chi connectivity index (χ1n) is 8.75. The van der Waals surface area contributed by atoms with Crippen LogP contribution in [0.2, 0.25) is 15.1 Å². The van der Waals surface area contributed by atoms with Gasteiger partial charge in [-0.25, -0.2) is 8.42 Å². The Balaban J connectivity index is 1.59. The number of benzene rings is 2. The van der Waals surface area contributed by atoms with E-state index in [0.29, 0.717) is 24.4 Å². The Kier molecular flexibility index (Phi) is 6.89. The van der Waals surface area contributed by atoms with Crippen LogP contribution in [0.1, 0.15) is 18.4 Å². The van der Waals surface area contributed by atoms with Gasteiger partial charge in [0.15, 0.2) is 0 Å². The molecule has 0 atom stereocenters. The first-order chi connectivity index (χ1) is 13.3. The van der Waals surface area contributed by atoms with Gasteiger partial charge in [-0.2, -0.15) is 4.31 Å². The Morgan fingerprint density at radius 2 is 1.64 bits per heavy atom. The van der Waals surface area contributed by atoms with Gasteiger partial charge in [0.2, 0.25) is 15.9 Å². The molecule has 3 rings (SSSR count). The van der Waals surface area contributed by atoms with Crippen LogP contribution in [0.15, 0.2) is 47.4 Å². The molecular weight excluding hydrogens is 443 g/mol. The van der Waals surface area contributed by atoms with Crippen molar-refractivity contribution in [3.8, 4) is 0 Å². The maximum Gasteiger partial charge on any atom is 0.243 e. The first kappa shape index (κ1) is 21.4. The lowest BCUT2D eigenvalue weighted by molar-refractivity contribution is -0.126. The van der Waals surface area contributed by atoms with Crippen molar-refractivity contribution < 1.29 is 13.2 Å². The number of piperidine rings is 1. The molecule has 1 heterocycles. The number of carbonyl (C=O) groups excluding carboxylic acids is 1. The summed E-state index contributed by atoms with van der Waals surface area (Å²) in [6.45, 7) is 0.866. The Morgan fingerprint density at radius 3 is 2.25 bits per heavy atom. The average molecular weight is 462 g/mol. The van der Waals surface area contributed by atoms with Crippen molar-refractivity contribution in [2.24, 2.45) is 5.92 Å². The lowest BCUT2D eigenvalue weighted by atomic mass is 9.97. The van der Waals surface area contributed by atoms with Gasteiger partial charge < -0.3 is 5.32 Å². The zero-order valence-electron chi connectivity index (χ0n) is 14.9. The van der Waals surface area contributed by atoms with Crippen molar-refractivity contribution in [3.05, 3.63) is 63.1 Å². The largest absolute Gasteiger partial charge is 0.352 e. The highest BCUT2D eigenvalue weighted by Gasteiger charge is 2.32. The fraction of sp³-hybridized carbons (Fsp3) is 0.316. The molecular formula is C19H19Cl3N2O3S. The van der Waals surface area contributed by atoms with E-state index in [4.69, 9.17) is 34.8 Å². The molecule has 1 saturated heterocycles. The predicted octanol–water partition coefficient (Wildman–Crippen LogP) is 4.36. The number of sulfonamides is 1. The molecule has 0 radical (unpaired) electrons.